The van der Waals surface area contributed by atoms with E-state index >= 15 is 0 Å². The van der Waals surface area contributed by atoms with Crippen molar-refractivity contribution in [1.29, 1.82) is 0 Å². The summed E-state index contributed by atoms with van der Waals surface area (Å²) in [6.07, 6.45) is 7.36. The lowest BCUT2D eigenvalue weighted by molar-refractivity contribution is 0.306. The van der Waals surface area contributed by atoms with Crippen LogP contribution in [0.3, 0.4) is 0 Å². The van der Waals surface area contributed by atoms with Crippen LogP contribution in [0.4, 0.5) is 0 Å². The van der Waals surface area contributed by atoms with E-state index in [0.29, 0.717) is 6.04 Å². The van der Waals surface area contributed by atoms with E-state index in [4.69, 9.17) is 0 Å². The molecule has 0 atom stereocenters. The summed E-state index contributed by atoms with van der Waals surface area (Å²) in [5.74, 6) is 0.907. The molecule has 0 aromatic carbocycles. The van der Waals surface area contributed by atoms with E-state index in [2.05, 4.69) is 49.5 Å². The summed E-state index contributed by atoms with van der Waals surface area (Å²) < 4.78 is 1.94. The average molecular weight is 250 g/mol. The van der Waals surface area contributed by atoms with Crippen LogP contribution >= 0.6 is 0 Å². The molecule has 0 aliphatic heterocycles. The van der Waals surface area contributed by atoms with Gasteiger partial charge in [0, 0.05) is 12.6 Å². The Kier molecular flexibility index (Phi) is 4.05. The first-order valence-corrected chi connectivity index (χ1v) is 7.10. The zero-order chi connectivity index (χ0) is 13.2. The molecule has 0 bridgehead atoms. The molecule has 18 heavy (non-hydrogen) atoms. The highest BCUT2D eigenvalue weighted by Gasteiger charge is 2.19. The molecule has 2 rings (SSSR count). The van der Waals surface area contributed by atoms with Crippen LogP contribution in [0.15, 0.2) is 6.20 Å². The largest absolute Gasteiger partial charge is 0.308 e. The van der Waals surface area contributed by atoms with Crippen molar-refractivity contribution in [3.63, 3.8) is 0 Å². The zero-order valence-corrected chi connectivity index (χ0v) is 12.1. The van der Waals surface area contributed by atoms with Gasteiger partial charge in [-0.1, -0.05) is 12.1 Å². The molecular formula is C14H26N4. The van der Waals surface area contributed by atoms with Gasteiger partial charge in [0.1, 0.15) is 0 Å². The predicted molar refractivity (Wildman–Crippen MR) is 73.3 cm³/mol. The van der Waals surface area contributed by atoms with Crippen molar-refractivity contribution in [2.75, 3.05) is 0 Å². The van der Waals surface area contributed by atoms with Crippen LogP contribution in [-0.4, -0.2) is 21.0 Å². The molecule has 0 spiro atoms. The quantitative estimate of drug-likeness (QED) is 0.897. The molecule has 1 saturated carbocycles. The van der Waals surface area contributed by atoms with Gasteiger partial charge in [0.05, 0.1) is 17.4 Å². The monoisotopic (exact) mass is 250 g/mol. The maximum absolute atomic E-state index is 4.23. The van der Waals surface area contributed by atoms with E-state index in [0.717, 1.165) is 18.2 Å². The Balaban J connectivity index is 1.82. The van der Waals surface area contributed by atoms with E-state index in [1.54, 1.807) is 0 Å². The van der Waals surface area contributed by atoms with Gasteiger partial charge in [0.2, 0.25) is 0 Å². The van der Waals surface area contributed by atoms with Crippen LogP contribution in [-0.2, 0) is 12.1 Å². The molecule has 1 fully saturated rings. The minimum Gasteiger partial charge on any atom is -0.308 e. The third-order valence-electron chi connectivity index (χ3n) is 3.82. The van der Waals surface area contributed by atoms with Crippen molar-refractivity contribution in [3.8, 4) is 0 Å². The molecule has 0 saturated heterocycles. The predicted octanol–water partition coefficient (Wildman–Crippen LogP) is 2.70. The van der Waals surface area contributed by atoms with Gasteiger partial charge in [-0.15, -0.1) is 5.10 Å². The summed E-state index contributed by atoms with van der Waals surface area (Å²) in [7, 11) is 0. The van der Waals surface area contributed by atoms with Gasteiger partial charge in [-0.05, 0) is 52.4 Å². The maximum Gasteiger partial charge on any atom is 0.0965 e. The fourth-order valence-electron chi connectivity index (χ4n) is 2.42. The van der Waals surface area contributed by atoms with Crippen LogP contribution in [0, 0.1) is 5.92 Å². The molecule has 0 unspecified atom stereocenters. The minimum atomic E-state index is 0.0194. The fraction of sp³-hybridized carbons (Fsp3) is 0.857. The van der Waals surface area contributed by atoms with Gasteiger partial charge in [-0.2, -0.15) is 0 Å². The third-order valence-corrected chi connectivity index (χ3v) is 3.82. The molecule has 0 amide bonds. The van der Waals surface area contributed by atoms with E-state index in [9.17, 15) is 0 Å². The van der Waals surface area contributed by atoms with Crippen LogP contribution in [0.25, 0.3) is 0 Å². The topological polar surface area (TPSA) is 42.7 Å². The van der Waals surface area contributed by atoms with Crippen LogP contribution in [0.5, 0.6) is 0 Å². The molecule has 0 radical (unpaired) electrons. The first kappa shape index (κ1) is 13.5. The normalized spacial score (nSPS) is 25.3. The lowest BCUT2D eigenvalue weighted by Gasteiger charge is -2.26. The Hall–Kier alpha value is -0.900. The molecule has 1 aromatic rings. The maximum atomic E-state index is 4.23. The Morgan fingerprint density at radius 2 is 1.94 bits per heavy atom. The lowest BCUT2D eigenvalue weighted by Crippen LogP contribution is -2.32. The molecule has 1 heterocycles. The van der Waals surface area contributed by atoms with E-state index in [-0.39, 0.29) is 5.54 Å². The van der Waals surface area contributed by atoms with Crippen molar-refractivity contribution >= 4 is 0 Å². The van der Waals surface area contributed by atoms with Crippen LogP contribution < -0.4 is 5.32 Å². The number of aromatic nitrogens is 3. The molecule has 1 N–H and O–H groups in total. The van der Waals surface area contributed by atoms with E-state index in [1.165, 1.54) is 25.7 Å². The highest BCUT2D eigenvalue weighted by atomic mass is 15.4. The summed E-state index contributed by atoms with van der Waals surface area (Å²) in [6.45, 7) is 9.62. The van der Waals surface area contributed by atoms with Crippen molar-refractivity contribution in [3.05, 3.63) is 11.9 Å². The summed E-state index contributed by atoms with van der Waals surface area (Å²) in [4.78, 5) is 0. The zero-order valence-electron chi connectivity index (χ0n) is 12.1. The number of hydrogen-bond donors (Lipinski definition) is 1. The second-order valence-corrected chi connectivity index (χ2v) is 6.66. The summed E-state index contributed by atoms with van der Waals surface area (Å²) >= 11 is 0. The van der Waals surface area contributed by atoms with Gasteiger partial charge >= 0.3 is 0 Å². The molecular weight excluding hydrogens is 224 g/mol. The molecule has 4 nitrogen and oxygen atoms in total. The third kappa shape index (κ3) is 3.55. The second-order valence-electron chi connectivity index (χ2n) is 6.66. The van der Waals surface area contributed by atoms with E-state index < -0.39 is 0 Å². The van der Waals surface area contributed by atoms with Gasteiger partial charge in [0.25, 0.3) is 0 Å². The van der Waals surface area contributed by atoms with Crippen molar-refractivity contribution in [2.24, 2.45) is 5.92 Å². The lowest BCUT2D eigenvalue weighted by atomic mass is 9.87. The van der Waals surface area contributed by atoms with Crippen LogP contribution in [0.1, 0.15) is 59.1 Å². The molecule has 1 aliphatic carbocycles. The van der Waals surface area contributed by atoms with Gasteiger partial charge in [-0.3, -0.25) is 0 Å². The SMILES string of the molecule is CC1CCC(NCc2cn(C(C)(C)C)nn2)CC1. The molecule has 102 valence electrons. The first-order valence-electron chi connectivity index (χ1n) is 7.10. The van der Waals surface area contributed by atoms with Crippen molar-refractivity contribution < 1.29 is 0 Å². The van der Waals surface area contributed by atoms with Gasteiger partial charge in [-0.25, -0.2) is 4.68 Å². The molecule has 1 aromatic heterocycles. The standard InChI is InChI=1S/C14H26N4/c1-11-5-7-12(8-6-11)15-9-13-10-18(17-16-13)14(2,3)4/h10-12,15H,5-9H2,1-4H3. The smallest absolute Gasteiger partial charge is 0.0965 e. The van der Waals surface area contributed by atoms with Crippen molar-refractivity contribution in [2.45, 2.75) is 71.5 Å². The Morgan fingerprint density at radius 3 is 2.50 bits per heavy atom. The van der Waals surface area contributed by atoms with Gasteiger partial charge in [0.15, 0.2) is 0 Å². The highest BCUT2D eigenvalue weighted by Crippen LogP contribution is 2.23. The minimum absolute atomic E-state index is 0.0194. The number of rotatable bonds is 3. The number of hydrogen-bond acceptors (Lipinski definition) is 3. The summed E-state index contributed by atoms with van der Waals surface area (Å²) in [5, 5.41) is 12.0. The fourth-order valence-corrected chi connectivity index (χ4v) is 2.42. The summed E-state index contributed by atoms with van der Waals surface area (Å²) in [6, 6.07) is 0.668. The number of nitrogens with zero attached hydrogens (tertiary/aromatic N) is 3. The average Bonchev–Trinajstić information content (AvgIpc) is 2.77. The first-order chi connectivity index (χ1) is 8.45. The highest BCUT2D eigenvalue weighted by molar-refractivity contribution is 4.95. The van der Waals surface area contributed by atoms with Gasteiger partial charge < -0.3 is 5.32 Å². The second kappa shape index (κ2) is 5.39. The Bertz CT molecular complexity index is 369. The number of nitrogens with one attached hydrogen (secondary N) is 1. The summed E-state index contributed by atoms with van der Waals surface area (Å²) in [5.41, 5.74) is 1.06. The Morgan fingerprint density at radius 1 is 1.28 bits per heavy atom. The molecule has 4 heteroatoms. The van der Waals surface area contributed by atoms with E-state index in [1.807, 2.05) is 4.68 Å². The van der Waals surface area contributed by atoms with Crippen LogP contribution in [0.2, 0.25) is 0 Å². The Labute approximate surface area is 110 Å². The molecule has 1 aliphatic rings. The van der Waals surface area contributed by atoms with Crippen molar-refractivity contribution in [1.82, 2.24) is 20.3 Å².